The molecule has 6 nitrogen and oxygen atoms in total. The predicted molar refractivity (Wildman–Crippen MR) is 117 cm³/mol. The Bertz CT molecular complexity index is 753. The first-order valence-corrected chi connectivity index (χ1v) is 10.3. The fourth-order valence-corrected chi connectivity index (χ4v) is 3.18. The Morgan fingerprint density at radius 2 is 1.20 bits per heavy atom. The molecule has 0 spiro atoms. The van der Waals surface area contributed by atoms with Gasteiger partial charge < -0.3 is 19.3 Å². The second-order valence-corrected chi connectivity index (χ2v) is 7.11. The van der Waals surface area contributed by atoms with Crippen molar-refractivity contribution in [1.82, 2.24) is 9.80 Å². The van der Waals surface area contributed by atoms with E-state index < -0.39 is 0 Å². The number of carbonyl (C=O) groups is 2. The zero-order valence-electron chi connectivity index (χ0n) is 18.4. The quantitative estimate of drug-likeness (QED) is 0.562. The van der Waals surface area contributed by atoms with Crippen molar-refractivity contribution in [3.05, 3.63) is 59.7 Å². The van der Waals surface area contributed by atoms with Crippen molar-refractivity contribution in [2.75, 3.05) is 27.3 Å². The van der Waals surface area contributed by atoms with E-state index in [2.05, 4.69) is 0 Å². The Balaban J connectivity index is 2.20. The number of amides is 2. The topological polar surface area (TPSA) is 59.1 Å². The number of hydrogen-bond acceptors (Lipinski definition) is 4. The first-order chi connectivity index (χ1) is 14.5. The number of methoxy groups -OCH3 is 2. The van der Waals surface area contributed by atoms with E-state index >= 15 is 0 Å². The molecule has 0 bridgehead atoms. The zero-order valence-corrected chi connectivity index (χ0v) is 18.4. The molecule has 0 aromatic heterocycles. The van der Waals surface area contributed by atoms with Crippen LogP contribution in [0.5, 0.6) is 11.5 Å². The average Bonchev–Trinajstić information content (AvgIpc) is 2.78. The molecule has 0 aliphatic rings. The Kier molecular flexibility index (Phi) is 9.19. The normalized spacial score (nSPS) is 10.4. The third kappa shape index (κ3) is 6.79. The van der Waals surface area contributed by atoms with Gasteiger partial charge in [0.25, 0.3) is 0 Å². The number of rotatable bonds is 11. The Morgan fingerprint density at radius 1 is 0.733 bits per heavy atom. The minimum absolute atomic E-state index is 0.000884. The summed E-state index contributed by atoms with van der Waals surface area (Å²) >= 11 is 0. The molecule has 2 aromatic rings. The third-order valence-electron chi connectivity index (χ3n) is 4.89. The molecule has 0 radical (unpaired) electrons. The number of benzene rings is 2. The van der Waals surface area contributed by atoms with Gasteiger partial charge in [-0.1, -0.05) is 38.1 Å². The average molecular weight is 413 g/mol. The van der Waals surface area contributed by atoms with E-state index in [4.69, 9.17) is 9.47 Å². The number of nitrogens with zero attached hydrogens (tertiary/aromatic N) is 2. The van der Waals surface area contributed by atoms with E-state index in [0.717, 1.165) is 29.0 Å². The first kappa shape index (κ1) is 23.3. The molecular formula is C24H32N2O4. The summed E-state index contributed by atoms with van der Waals surface area (Å²) in [4.78, 5) is 28.9. The van der Waals surface area contributed by atoms with Gasteiger partial charge in [0, 0.05) is 26.1 Å². The molecule has 2 aromatic carbocycles. The molecule has 0 fully saturated rings. The predicted octanol–water partition coefficient (Wildman–Crippen LogP) is 3.88. The first-order valence-electron chi connectivity index (χ1n) is 10.3. The van der Waals surface area contributed by atoms with Gasteiger partial charge in [0.1, 0.15) is 11.5 Å². The van der Waals surface area contributed by atoms with Gasteiger partial charge in [-0.25, -0.2) is 0 Å². The van der Waals surface area contributed by atoms with Crippen molar-refractivity contribution in [2.45, 2.75) is 39.8 Å². The number of hydrogen-bond donors (Lipinski definition) is 0. The smallest absolute Gasteiger partial charge is 0.242 e. The minimum Gasteiger partial charge on any atom is -0.497 e. The van der Waals surface area contributed by atoms with Crippen molar-refractivity contribution in [3.8, 4) is 11.5 Å². The van der Waals surface area contributed by atoms with Crippen molar-refractivity contribution in [3.63, 3.8) is 0 Å². The minimum atomic E-state index is -0.0723. The van der Waals surface area contributed by atoms with Crippen LogP contribution in [0.2, 0.25) is 0 Å². The van der Waals surface area contributed by atoms with Crippen molar-refractivity contribution in [2.24, 2.45) is 0 Å². The van der Waals surface area contributed by atoms with Gasteiger partial charge in [-0.3, -0.25) is 9.59 Å². The summed E-state index contributed by atoms with van der Waals surface area (Å²) in [6, 6.07) is 15.3. The van der Waals surface area contributed by atoms with E-state index in [1.807, 2.05) is 62.4 Å². The van der Waals surface area contributed by atoms with Gasteiger partial charge in [-0.2, -0.15) is 0 Å². The van der Waals surface area contributed by atoms with Gasteiger partial charge in [0.15, 0.2) is 0 Å². The SMILES string of the molecule is CCCN(CC(=O)N(Cc1ccc(OC)cc1)Cc1ccc(OC)cc1)C(=O)CC. The molecule has 0 saturated heterocycles. The Morgan fingerprint density at radius 3 is 1.57 bits per heavy atom. The molecule has 162 valence electrons. The molecule has 0 N–H and O–H groups in total. The fourth-order valence-electron chi connectivity index (χ4n) is 3.18. The van der Waals surface area contributed by atoms with Crippen LogP contribution in [0.1, 0.15) is 37.8 Å². The van der Waals surface area contributed by atoms with E-state index in [1.54, 1.807) is 24.0 Å². The summed E-state index contributed by atoms with van der Waals surface area (Å²) in [5.41, 5.74) is 2.00. The van der Waals surface area contributed by atoms with Crippen LogP contribution >= 0.6 is 0 Å². The summed E-state index contributed by atoms with van der Waals surface area (Å²) in [5.74, 6) is 1.47. The second kappa shape index (κ2) is 11.9. The van der Waals surface area contributed by atoms with Crippen molar-refractivity contribution < 1.29 is 19.1 Å². The Labute approximate surface area is 179 Å². The summed E-state index contributed by atoms with van der Waals surface area (Å²) in [5, 5.41) is 0. The monoisotopic (exact) mass is 412 g/mol. The largest absolute Gasteiger partial charge is 0.497 e. The molecule has 0 atom stereocenters. The van der Waals surface area contributed by atoms with Gasteiger partial charge in [0.2, 0.25) is 11.8 Å². The van der Waals surface area contributed by atoms with Crippen molar-refractivity contribution >= 4 is 11.8 Å². The van der Waals surface area contributed by atoms with E-state index in [0.29, 0.717) is 26.1 Å². The van der Waals surface area contributed by atoms with Crippen LogP contribution in [-0.2, 0) is 22.7 Å². The Hall–Kier alpha value is -3.02. The van der Waals surface area contributed by atoms with Crippen LogP contribution in [0.3, 0.4) is 0 Å². The molecule has 0 aliphatic heterocycles. The highest BCUT2D eigenvalue weighted by atomic mass is 16.5. The lowest BCUT2D eigenvalue weighted by molar-refractivity contribution is -0.141. The summed E-state index contributed by atoms with van der Waals surface area (Å²) in [6.45, 7) is 5.41. The number of ether oxygens (including phenoxy) is 2. The lowest BCUT2D eigenvalue weighted by atomic mass is 10.1. The zero-order chi connectivity index (χ0) is 21.9. The van der Waals surface area contributed by atoms with E-state index in [1.165, 1.54) is 0 Å². The van der Waals surface area contributed by atoms with Crippen LogP contribution in [0, 0.1) is 0 Å². The molecule has 30 heavy (non-hydrogen) atoms. The highest BCUT2D eigenvalue weighted by Gasteiger charge is 2.20. The van der Waals surface area contributed by atoms with E-state index in [-0.39, 0.29) is 18.4 Å². The van der Waals surface area contributed by atoms with Crippen LogP contribution in [0.25, 0.3) is 0 Å². The van der Waals surface area contributed by atoms with Crippen molar-refractivity contribution in [1.29, 1.82) is 0 Å². The van der Waals surface area contributed by atoms with E-state index in [9.17, 15) is 9.59 Å². The third-order valence-corrected chi connectivity index (χ3v) is 4.89. The molecular weight excluding hydrogens is 380 g/mol. The molecule has 6 heteroatoms. The van der Waals surface area contributed by atoms with Gasteiger partial charge in [-0.05, 0) is 41.8 Å². The van der Waals surface area contributed by atoms with Gasteiger partial charge in [0.05, 0.1) is 20.8 Å². The highest BCUT2D eigenvalue weighted by Crippen LogP contribution is 2.17. The molecule has 0 heterocycles. The van der Waals surface area contributed by atoms with Crippen LogP contribution < -0.4 is 9.47 Å². The molecule has 2 amide bonds. The lowest BCUT2D eigenvalue weighted by Crippen LogP contribution is -2.42. The molecule has 0 aliphatic carbocycles. The summed E-state index contributed by atoms with van der Waals surface area (Å²) in [6.07, 6.45) is 1.21. The van der Waals surface area contributed by atoms with Crippen LogP contribution in [-0.4, -0.2) is 48.9 Å². The lowest BCUT2D eigenvalue weighted by Gasteiger charge is -2.28. The summed E-state index contributed by atoms with van der Waals surface area (Å²) < 4.78 is 10.4. The van der Waals surface area contributed by atoms with Gasteiger partial charge >= 0.3 is 0 Å². The number of carbonyl (C=O) groups excluding carboxylic acids is 2. The maximum Gasteiger partial charge on any atom is 0.242 e. The fraction of sp³-hybridized carbons (Fsp3) is 0.417. The standard InChI is InChI=1S/C24H32N2O4/c1-5-15-25(23(27)6-2)18-24(28)26(16-19-7-11-21(29-3)12-8-19)17-20-9-13-22(30-4)14-10-20/h7-14H,5-6,15-18H2,1-4H3. The maximum absolute atomic E-state index is 13.2. The molecule has 0 saturated carbocycles. The highest BCUT2D eigenvalue weighted by molar-refractivity contribution is 5.84. The van der Waals surface area contributed by atoms with Crippen LogP contribution in [0.4, 0.5) is 0 Å². The molecule has 2 rings (SSSR count). The second-order valence-electron chi connectivity index (χ2n) is 7.11. The van der Waals surface area contributed by atoms with Gasteiger partial charge in [-0.15, -0.1) is 0 Å². The summed E-state index contributed by atoms with van der Waals surface area (Å²) in [7, 11) is 3.25. The maximum atomic E-state index is 13.2. The van der Waals surface area contributed by atoms with Crippen LogP contribution in [0.15, 0.2) is 48.5 Å². The molecule has 0 unspecified atom stereocenters.